The number of amides is 3. The molecule has 0 fully saturated rings. The summed E-state index contributed by atoms with van der Waals surface area (Å²) >= 11 is 1.38. The summed E-state index contributed by atoms with van der Waals surface area (Å²) in [4.78, 5) is 40.4. The molecular weight excluding hydrogens is 590 g/mol. The smallest absolute Gasteiger partial charge is 0.272 e. The van der Waals surface area contributed by atoms with Gasteiger partial charge in [0.1, 0.15) is 16.7 Å². The van der Waals surface area contributed by atoms with Crippen LogP contribution in [0.1, 0.15) is 26.9 Å². The van der Waals surface area contributed by atoms with Gasteiger partial charge in [0, 0.05) is 34.0 Å². The van der Waals surface area contributed by atoms with Gasteiger partial charge in [-0.05, 0) is 66.2 Å². The van der Waals surface area contributed by atoms with Crippen LogP contribution in [-0.4, -0.2) is 24.5 Å². The maximum atomic E-state index is 13.5. The average Bonchev–Trinajstić information content (AvgIpc) is 3.77. The number of carbonyl (C=O) groups is 3. The predicted octanol–water partition coefficient (Wildman–Crippen LogP) is 6.89. The van der Waals surface area contributed by atoms with E-state index in [1.54, 1.807) is 72.8 Å². The summed E-state index contributed by atoms with van der Waals surface area (Å²) in [6, 6.07) is 33.9. The van der Waals surface area contributed by atoms with Gasteiger partial charge in [0.05, 0.1) is 6.26 Å². The van der Waals surface area contributed by atoms with Crippen LogP contribution >= 0.6 is 11.8 Å². The molecule has 45 heavy (non-hydrogen) atoms. The van der Waals surface area contributed by atoms with E-state index in [-0.39, 0.29) is 18.4 Å². The van der Waals surface area contributed by atoms with Crippen molar-refractivity contribution in [1.29, 1.82) is 0 Å². The van der Waals surface area contributed by atoms with Gasteiger partial charge in [-0.3, -0.25) is 14.4 Å². The van der Waals surface area contributed by atoms with Crippen LogP contribution in [0.2, 0.25) is 0 Å². The van der Waals surface area contributed by atoms with E-state index in [2.05, 4.69) is 16.0 Å². The average molecular weight is 618 g/mol. The number of ether oxygens (including phenoxy) is 2. The molecule has 1 aliphatic rings. The number of anilines is 2. The molecule has 10 heteroatoms. The molecule has 0 radical (unpaired) electrons. The molecular formula is C35H27N3O6S. The Morgan fingerprint density at radius 1 is 0.733 bits per heavy atom. The van der Waals surface area contributed by atoms with Crippen LogP contribution in [0.3, 0.4) is 0 Å². The lowest BCUT2D eigenvalue weighted by Crippen LogP contribution is -2.30. The lowest BCUT2D eigenvalue weighted by molar-refractivity contribution is -0.116. The molecule has 1 unspecified atom stereocenters. The van der Waals surface area contributed by atoms with Gasteiger partial charge >= 0.3 is 0 Å². The van der Waals surface area contributed by atoms with Gasteiger partial charge < -0.3 is 29.8 Å². The van der Waals surface area contributed by atoms with Gasteiger partial charge in [-0.15, -0.1) is 11.8 Å². The Morgan fingerprint density at radius 3 is 2.18 bits per heavy atom. The van der Waals surface area contributed by atoms with Crippen molar-refractivity contribution in [2.24, 2.45) is 0 Å². The lowest BCUT2D eigenvalue weighted by Gasteiger charge is -2.18. The number of rotatable bonds is 10. The molecule has 1 aliphatic heterocycles. The number of fused-ring (bicyclic) bond motifs is 1. The summed E-state index contributed by atoms with van der Waals surface area (Å²) < 4.78 is 16.2. The highest BCUT2D eigenvalue weighted by molar-refractivity contribution is 8.00. The molecule has 224 valence electrons. The quantitative estimate of drug-likeness (QED) is 0.115. The minimum atomic E-state index is -0.562. The lowest BCUT2D eigenvalue weighted by atomic mass is 10.1. The monoisotopic (exact) mass is 617 g/mol. The molecule has 9 nitrogen and oxygen atoms in total. The second-order valence-corrected chi connectivity index (χ2v) is 11.0. The zero-order valence-electron chi connectivity index (χ0n) is 23.8. The fourth-order valence-electron chi connectivity index (χ4n) is 4.49. The zero-order valence-corrected chi connectivity index (χ0v) is 24.6. The van der Waals surface area contributed by atoms with Crippen LogP contribution in [0.4, 0.5) is 11.4 Å². The van der Waals surface area contributed by atoms with Crippen LogP contribution in [0, 0.1) is 0 Å². The van der Waals surface area contributed by atoms with Gasteiger partial charge in [-0.1, -0.05) is 48.5 Å². The van der Waals surface area contributed by atoms with E-state index in [0.717, 1.165) is 10.5 Å². The molecule has 0 bridgehead atoms. The summed E-state index contributed by atoms with van der Waals surface area (Å²) in [5.74, 6) is 0.464. The maximum Gasteiger partial charge on any atom is 0.272 e. The third-order valence-corrected chi connectivity index (χ3v) is 7.97. The molecule has 6 rings (SSSR count). The number of hydrogen-bond acceptors (Lipinski definition) is 7. The molecule has 0 saturated carbocycles. The number of thioether (sulfide) groups is 1. The fraction of sp³-hybridized carbons (Fsp3) is 0.0571. The summed E-state index contributed by atoms with van der Waals surface area (Å²) in [5.41, 5.74) is 2.36. The number of furan rings is 1. The van der Waals surface area contributed by atoms with Gasteiger partial charge in [0.15, 0.2) is 11.5 Å². The van der Waals surface area contributed by atoms with E-state index in [1.165, 1.54) is 24.1 Å². The predicted molar refractivity (Wildman–Crippen MR) is 172 cm³/mol. The SMILES string of the molecule is O=C(Nc1ccc(SC(C(=O)Nc2ccc3c(c2)OCO3)c2ccccc2)cc1)/C(=C/c1ccco1)NC(=O)c1ccccc1. The molecule has 3 amide bonds. The van der Waals surface area contributed by atoms with Gasteiger partial charge in [-0.25, -0.2) is 0 Å². The van der Waals surface area contributed by atoms with Crippen LogP contribution in [-0.2, 0) is 9.59 Å². The summed E-state index contributed by atoms with van der Waals surface area (Å²) in [7, 11) is 0. The summed E-state index contributed by atoms with van der Waals surface area (Å²) in [6.07, 6.45) is 2.94. The normalized spacial score (nSPS) is 12.7. The first-order chi connectivity index (χ1) is 22.0. The topological polar surface area (TPSA) is 119 Å². The number of carbonyl (C=O) groups excluding carboxylic acids is 3. The highest BCUT2D eigenvalue weighted by atomic mass is 32.2. The third kappa shape index (κ3) is 7.43. The zero-order chi connectivity index (χ0) is 31.0. The Labute approximate surface area is 263 Å². The molecule has 1 aromatic heterocycles. The van der Waals surface area contributed by atoms with Crippen molar-refractivity contribution in [3.05, 3.63) is 144 Å². The Morgan fingerprint density at radius 2 is 1.44 bits per heavy atom. The Bertz CT molecular complexity index is 1830. The van der Waals surface area contributed by atoms with Crippen molar-refractivity contribution in [3.63, 3.8) is 0 Å². The van der Waals surface area contributed by atoms with Gasteiger partial charge in [-0.2, -0.15) is 0 Å². The molecule has 2 heterocycles. The minimum Gasteiger partial charge on any atom is -0.465 e. The van der Waals surface area contributed by atoms with E-state index in [0.29, 0.717) is 34.2 Å². The van der Waals surface area contributed by atoms with Gasteiger partial charge in [0.2, 0.25) is 12.7 Å². The van der Waals surface area contributed by atoms with Gasteiger partial charge in [0.25, 0.3) is 11.8 Å². The van der Waals surface area contributed by atoms with E-state index in [1.807, 2.05) is 42.5 Å². The second kappa shape index (κ2) is 13.7. The number of benzene rings is 4. The van der Waals surface area contributed by atoms with Crippen LogP contribution < -0.4 is 25.4 Å². The Balaban J connectivity index is 1.16. The Hall–Kier alpha value is -5.74. The van der Waals surface area contributed by atoms with Crippen LogP contribution in [0.25, 0.3) is 6.08 Å². The first-order valence-corrected chi connectivity index (χ1v) is 14.8. The van der Waals surface area contributed by atoms with Crippen molar-refractivity contribution in [3.8, 4) is 11.5 Å². The molecule has 3 N–H and O–H groups in total. The maximum absolute atomic E-state index is 13.5. The van der Waals surface area contributed by atoms with E-state index >= 15 is 0 Å². The van der Waals surface area contributed by atoms with Crippen LogP contribution in [0.5, 0.6) is 11.5 Å². The van der Waals surface area contributed by atoms with Crippen molar-refractivity contribution < 1.29 is 28.3 Å². The van der Waals surface area contributed by atoms with Crippen molar-refractivity contribution in [2.75, 3.05) is 17.4 Å². The van der Waals surface area contributed by atoms with Crippen molar-refractivity contribution >= 4 is 46.9 Å². The summed E-state index contributed by atoms with van der Waals surface area (Å²) in [5, 5.41) is 7.93. The molecule has 4 aromatic carbocycles. The second-order valence-electron chi connectivity index (χ2n) is 9.84. The first-order valence-electron chi connectivity index (χ1n) is 14.0. The largest absolute Gasteiger partial charge is 0.465 e. The highest BCUT2D eigenvalue weighted by Gasteiger charge is 2.24. The highest BCUT2D eigenvalue weighted by Crippen LogP contribution is 2.38. The Kier molecular flexibility index (Phi) is 8.93. The van der Waals surface area contributed by atoms with Crippen molar-refractivity contribution in [1.82, 2.24) is 5.32 Å². The molecule has 0 aliphatic carbocycles. The van der Waals surface area contributed by atoms with Crippen LogP contribution in [0.15, 0.2) is 137 Å². The van der Waals surface area contributed by atoms with E-state index < -0.39 is 17.1 Å². The van der Waals surface area contributed by atoms with E-state index in [4.69, 9.17) is 13.9 Å². The fourth-order valence-corrected chi connectivity index (χ4v) is 5.52. The standard InChI is InChI=1S/C35H27N3O6S/c39-33(24-10-5-2-6-11-24)38-29(21-27-12-7-19-42-27)34(40)36-25-13-16-28(17-14-25)45-32(23-8-3-1-4-9-23)35(41)37-26-15-18-30-31(20-26)44-22-43-30/h1-21,32H,22H2,(H,36,40)(H,37,41)(H,38,39)/b29-21-. The van der Waals surface area contributed by atoms with Crippen molar-refractivity contribution in [2.45, 2.75) is 10.1 Å². The van der Waals surface area contributed by atoms with E-state index in [9.17, 15) is 14.4 Å². The molecule has 0 saturated heterocycles. The molecule has 0 spiro atoms. The molecule has 1 atom stereocenters. The number of nitrogens with one attached hydrogen (secondary N) is 3. The molecule has 5 aromatic rings. The summed E-state index contributed by atoms with van der Waals surface area (Å²) in [6.45, 7) is 0.148. The minimum absolute atomic E-state index is 0.0154. The third-order valence-electron chi connectivity index (χ3n) is 6.71. The first kappa shape index (κ1) is 29.3. The number of hydrogen-bond donors (Lipinski definition) is 3.